The highest BCUT2D eigenvalue weighted by Crippen LogP contribution is 2.25. The molecule has 1 aromatic heterocycles. The van der Waals surface area contributed by atoms with Gasteiger partial charge in [-0.2, -0.15) is 0 Å². The first-order valence-corrected chi connectivity index (χ1v) is 6.73. The van der Waals surface area contributed by atoms with Gasteiger partial charge in [-0.25, -0.2) is 9.78 Å². The Hall–Kier alpha value is -2.07. The number of anilines is 1. The van der Waals surface area contributed by atoms with Crippen LogP contribution < -0.4 is 5.32 Å². The summed E-state index contributed by atoms with van der Waals surface area (Å²) < 4.78 is 0. The van der Waals surface area contributed by atoms with Crippen LogP contribution in [-0.2, 0) is 12.8 Å². The molecule has 5 heteroatoms. The van der Waals surface area contributed by atoms with Gasteiger partial charge in [-0.1, -0.05) is 35.9 Å². The third-order valence-electron chi connectivity index (χ3n) is 3.49. The molecule has 1 aromatic carbocycles. The lowest BCUT2D eigenvalue weighted by molar-refractivity contribution is 0.0697. The maximum atomic E-state index is 11.0. The van der Waals surface area contributed by atoms with E-state index >= 15 is 0 Å². The molecule has 0 saturated carbocycles. The van der Waals surface area contributed by atoms with E-state index in [1.54, 1.807) is 0 Å². The van der Waals surface area contributed by atoms with Crippen molar-refractivity contribution in [3.8, 4) is 0 Å². The molecule has 20 heavy (non-hydrogen) atoms. The normalized spacial score (nSPS) is 14.1. The third-order valence-corrected chi connectivity index (χ3v) is 3.79. The molecule has 1 aliphatic rings. The molecule has 0 fully saturated rings. The van der Waals surface area contributed by atoms with E-state index in [9.17, 15) is 4.79 Å². The average molecular weight is 289 g/mol. The third kappa shape index (κ3) is 2.47. The lowest BCUT2D eigenvalue weighted by Gasteiger charge is -2.13. The molecule has 1 heterocycles. The van der Waals surface area contributed by atoms with Gasteiger partial charge in [0.05, 0.1) is 10.6 Å². The van der Waals surface area contributed by atoms with Crippen LogP contribution in [0.4, 0.5) is 5.82 Å². The molecular formula is C15H13ClN2O2. The van der Waals surface area contributed by atoms with E-state index in [1.807, 2.05) is 12.1 Å². The summed E-state index contributed by atoms with van der Waals surface area (Å²) >= 11 is 5.81. The number of rotatable bonds is 3. The molecule has 1 aliphatic carbocycles. The number of hydrogen-bond donors (Lipinski definition) is 2. The molecule has 0 amide bonds. The first-order chi connectivity index (χ1) is 9.63. The zero-order valence-electron chi connectivity index (χ0n) is 10.6. The number of halogens is 1. The molecule has 0 radical (unpaired) electrons. The number of carbonyl (C=O) groups is 1. The molecule has 0 bridgehead atoms. The Kier molecular flexibility index (Phi) is 3.32. The molecule has 0 spiro atoms. The minimum absolute atomic E-state index is 0.0691. The van der Waals surface area contributed by atoms with Gasteiger partial charge in [0.2, 0.25) is 0 Å². The van der Waals surface area contributed by atoms with Crippen LogP contribution >= 0.6 is 11.6 Å². The number of hydrogen-bond acceptors (Lipinski definition) is 3. The second-order valence-electron chi connectivity index (χ2n) is 4.87. The van der Waals surface area contributed by atoms with Gasteiger partial charge < -0.3 is 10.4 Å². The second kappa shape index (κ2) is 5.13. The fourth-order valence-electron chi connectivity index (χ4n) is 2.55. The van der Waals surface area contributed by atoms with Gasteiger partial charge in [0.15, 0.2) is 0 Å². The Balaban J connectivity index is 1.77. The van der Waals surface area contributed by atoms with E-state index in [-0.39, 0.29) is 16.6 Å². The Morgan fingerprint density at radius 3 is 2.55 bits per heavy atom. The van der Waals surface area contributed by atoms with Crippen molar-refractivity contribution in [3.63, 3.8) is 0 Å². The van der Waals surface area contributed by atoms with Crippen LogP contribution in [0.2, 0.25) is 5.02 Å². The Labute approximate surface area is 121 Å². The van der Waals surface area contributed by atoms with Crippen molar-refractivity contribution in [2.45, 2.75) is 18.9 Å². The van der Waals surface area contributed by atoms with Crippen molar-refractivity contribution in [3.05, 3.63) is 58.2 Å². The van der Waals surface area contributed by atoms with Crippen LogP contribution in [0, 0.1) is 0 Å². The molecule has 2 aromatic rings. The fraction of sp³-hybridized carbons (Fsp3) is 0.200. The smallest absolute Gasteiger partial charge is 0.337 e. The van der Waals surface area contributed by atoms with Gasteiger partial charge in [0, 0.05) is 12.2 Å². The van der Waals surface area contributed by atoms with Crippen molar-refractivity contribution < 1.29 is 9.90 Å². The van der Waals surface area contributed by atoms with Crippen LogP contribution in [0.1, 0.15) is 21.5 Å². The van der Waals surface area contributed by atoms with E-state index in [0.717, 1.165) is 12.8 Å². The quantitative estimate of drug-likeness (QED) is 0.911. The Morgan fingerprint density at radius 2 is 1.95 bits per heavy atom. The highest BCUT2D eigenvalue weighted by Gasteiger charge is 2.21. The molecule has 0 saturated heterocycles. The fourth-order valence-corrected chi connectivity index (χ4v) is 2.74. The Morgan fingerprint density at radius 1 is 1.30 bits per heavy atom. The van der Waals surface area contributed by atoms with Gasteiger partial charge in [-0.05, 0) is 30.0 Å². The lowest BCUT2D eigenvalue weighted by atomic mass is 10.1. The van der Waals surface area contributed by atoms with E-state index < -0.39 is 5.97 Å². The topological polar surface area (TPSA) is 62.2 Å². The largest absolute Gasteiger partial charge is 0.478 e. The predicted molar refractivity (Wildman–Crippen MR) is 77.5 cm³/mol. The molecule has 0 atom stereocenters. The maximum absolute atomic E-state index is 11.0. The highest BCUT2D eigenvalue weighted by molar-refractivity contribution is 6.33. The monoisotopic (exact) mass is 288 g/mol. The van der Waals surface area contributed by atoms with Crippen LogP contribution in [0.5, 0.6) is 0 Å². The Bertz CT molecular complexity index is 648. The number of aromatic nitrogens is 1. The summed E-state index contributed by atoms with van der Waals surface area (Å²) in [6.07, 6.45) is 3.21. The number of pyridine rings is 1. The summed E-state index contributed by atoms with van der Waals surface area (Å²) in [5.41, 5.74) is 2.73. The maximum Gasteiger partial charge on any atom is 0.337 e. The summed E-state index contributed by atoms with van der Waals surface area (Å²) in [4.78, 5) is 15.2. The van der Waals surface area contributed by atoms with Gasteiger partial charge >= 0.3 is 5.97 Å². The molecule has 0 unspecified atom stereocenters. The summed E-state index contributed by atoms with van der Waals surface area (Å²) in [7, 11) is 0. The van der Waals surface area contributed by atoms with Gasteiger partial charge in [-0.3, -0.25) is 0 Å². The molecule has 0 aliphatic heterocycles. The number of fused-ring (bicyclic) bond motifs is 1. The second-order valence-corrected chi connectivity index (χ2v) is 5.28. The van der Waals surface area contributed by atoms with Crippen molar-refractivity contribution in [1.29, 1.82) is 0 Å². The van der Waals surface area contributed by atoms with Crippen molar-refractivity contribution in [2.24, 2.45) is 0 Å². The zero-order chi connectivity index (χ0) is 14.1. The summed E-state index contributed by atoms with van der Waals surface area (Å²) in [6.45, 7) is 0. The van der Waals surface area contributed by atoms with Crippen molar-refractivity contribution in [1.82, 2.24) is 4.98 Å². The number of carboxylic acids is 1. The number of nitrogens with one attached hydrogen (secondary N) is 1. The van der Waals surface area contributed by atoms with Gasteiger partial charge in [-0.15, -0.1) is 0 Å². The number of benzene rings is 1. The van der Waals surface area contributed by atoms with E-state index in [4.69, 9.17) is 16.7 Å². The SMILES string of the molecule is O=C(O)c1cc(NC2Cc3ccccc3C2)ncc1Cl. The first-order valence-electron chi connectivity index (χ1n) is 6.35. The zero-order valence-corrected chi connectivity index (χ0v) is 11.4. The predicted octanol–water partition coefficient (Wildman–Crippen LogP) is 3.01. The molecule has 4 nitrogen and oxygen atoms in total. The molecule has 3 rings (SSSR count). The average Bonchev–Trinajstić information content (AvgIpc) is 2.82. The number of carboxylic acid groups (broad SMARTS) is 1. The number of aromatic carboxylic acids is 1. The van der Waals surface area contributed by atoms with Gasteiger partial charge in [0.25, 0.3) is 0 Å². The summed E-state index contributed by atoms with van der Waals surface area (Å²) in [5, 5.41) is 12.5. The van der Waals surface area contributed by atoms with E-state index in [0.29, 0.717) is 5.82 Å². The standard InChI is InChI=1S/C15H13ClN2O2/c16-13-8-17-14(7-12(13)15(19)20)18-11-5-9-3-1-2-4-10(9)6-11/h1-4,7-8,11H,5-6H2,(H,17,18)(H,19,20). The minimum atomic E-state index is -1.05. The summed E-state index contributed by atoms with van der Waals surface area (Å²) in [5.74, 6) is -0.500. The van der Waals surface area contributed by atoms with Crippen molar-refractivity contribution >= 4 is 23.4 Å². The van der Waals surface area contributed by atoms with Crippen LogP contribution in [0.15, 0.2) is 36.5 Å². The van der Waals surface area contributed by atoms with E-state index in [1.165, 1.54) is 23.4 Å². The molecular weight excluding hydrogens is 276 g/mol. The molecule has 2 N–H and O–H groups in total. The van der Waals surface area contributed by atoms with Crippen molar-refractivity contribution in [2.75, 3.05) is 5.32 Å². The van der Waals surface area contributed by atoms with Crippen LogP contribution in [-0.4, -0.2) is 22.1 Å². The highest BCUT2D eigenvalue weighted by atomic mass is 35.5. The molecule has 102 valence electrons. The van der Waals surface area contributed by atoms with Crippen LogP contribution in [0.25, 0.3) is 0 Å². The van der Waals surface area contributed by atoms with Crippen LogP contribution in [0.3, 0.4) is 0 Å². The summed E-state index contributed by atoms with van der Waals surface area (Å²) in [6, 6.07) is 10.0. The number of nitrogens with zero attached hydrogens (tertiary/aromatic N) is 1. The van der Waals surface area contributed by atoms with Gasteiger partial charge in [0.1, 0.15) is 5.82 Å². The minimum Gasteiger partial charge on any atom is -0.478 e. The lowest BCUT2D eigenvalue weighted by Crippen LogP contribution is -2.20. The first kappa shape index (κ1) is 12.9. The van der Waals surface area contributed by atoms with E-state index in [2.05, 4.69) is 22.4 Å².